The van der Waals surface area contributed by atoms with Gasteiger partial charge in [0.2, 0.25) is 0 Å². The predicted molar refractivity (Wildman–Crippen MR) is 135 cm³/mol. The Morgan fingerprint density at radius 1 is 1.11 bits per heavy atom. The van der Waals surface area contributed by atoms with Crippen LogP contribution in [0.4, 0.5) is 0 Å². The minimum Gasteiger partial charge on any atom is -0.507 e. The van der Waals surface area contributed by atoms with Crippen molar-refractivity contribution >= 4 is 23.4 Å². The standard InChI is InChI=1S/C28H32N2O6/c1-5-29(6-2)13-14-30-24(18-7-9-19(10-8-18)28(34)35-4)23(26(32)27(30)33)25(31)20-11-12-22-21(16-20)15-17(3)36-22/h7-12,16-17,24,31H,5-6,13-15H2,1-4H3/b25-23+/t17-,24+/m1/s1. The van der Waals surface area contributed by atoms with Gasteiger partial charge in [0, 0.05) is 25.1 Å². The molecule has 4 rings (SSSR count). The number of ketones is 1. The molecule has 2 atom stereocenters. The minimum absolute atomic E-state index is 0.0383. The van der Waals surface area contributed by atoms with Crippen molar-refractivity contribution in [2.45, 2.75) is 39.3 Å². The summed E-state index contributed by atoms with van der Waals surface area (Å²) in [6.45, 7) is 8.59. The van der Waals surface area contributed by atoms with E-state index >= 15 is 0 Å². The Morgan fingerprint density at radius 3 is 2.42 bits per heavy atom. The summed E-state index contributed by atoms with van der Waals surface area (Å²) in [4.78, 5) is 42.1. The molecule has 0 aromatic heterocycles. The number of likely N-dealkylation sites (N-methyl/N-ethyl adjacent to an activating group) is 1. The Balaban J connectivity index is 1.78. The van der Waals surface area contributed by atoms with E-state index in [1.807, 2.05) is 26.8 Å². The van der Waals surface area contributed by atoms with E-state index in [1.165, 1.54) is 12.0 Å². The Labute approximate surface area is 211 Å². The zero-order valence-electron chi connectivity index (χ0n) is 21.1. The fourth-order valence-electron chi connectivity index (χ4n) is 4.89. The smallest absolute Gasteiger partial charge is 0.337 e. The molecule has 0 bridgehead atoms. The first-order valence-electron chi connectivity index (χ1n) is 12.3. The molecular weight excluding hydrogens is 460 g/mol. The molecule has 2 heterocycles. The maximum atomic E-state index is 13.3. The number of hydrogen-bond acceptors (Lipinski definition) is 7. The quantitative estimate of drug-likeness (QED) is 0.261. The normalized spacial score (nSPS) is 20.5. The van der Waals surface area contributed by atoms with Crippen molar-refractivity contribution < 1.29 is 29.0 Å². The number of aliphatic hydroxyl groups excluding tert-OH is 1. The summed E-state index contributed by atoms with van der Waals surface area (Å²) in [5.41, 5.74) is 2.43. The fourth-order valence-corrected chi connectivity index (χ4v) is 4.89. The number of benzene rings is 2. The van der Waals surface area contributed by atoms with Gasteiger partial charge in [-0.05, 0) is 61.5 Å². The number of methoxy groups -OCH3 is 1. The van der Waals surface area contributed by atoms with Crippen molar-refractivity contribution in [2.75, 3.05) is 33.3 Å². The molecule has 2 aliphatic rings. The molecular formula is C28H32N2O6. The van der Waals surface area contributed by atoms with Gasteiger partial charge >= 0.3 is 5.97 Å². The second kappa shape index (κ2) is 10.5. The van der Waals surface area contributed by atoms with E-state index in [0.717, 1.165) is 24.4 Å². The monoisotopic (exact) mass is 492 g/mol. The lowest BCUT2D eigenvalue weighted by molar-refractivity contribution is -0.140. The highest BCUT2D eigenvalue weighted by atomic mass is 16.5. The maximum Gasteiger partial charge on any atom is 0.337 e. The van der Waals surface area contributed by atoms with Crippen molar-refractivity contribution in [3.63, 3.8) is 0 Å². The van der Waals surface area contributed by atoms with Crippen LogP contribution in [0.25, 0.3) is 5.76 Å². The van der Waals surface area contributed by atoms with Crippen LogP contribution in [0.15, 0.2) is 48.0 Å². The van der Waals surface area contributed by atoms with Gasteiger partial charge in [0.1, 0.15) is 17.6 Å². The number of hydrogen-bond donors (Lipinski definition) is 1. The number of fused-ring (bicyclic) bond motifs is 1. The van der Waals surface area contributed by atoms with Crippen LogP contribution in [-0.4, -0.2) is 72.0 Å². The third kappa shape index (κ3) is 4.73. The highest BCUT2D eigenvalue weighted by Gasteiger charge is 2.46. The van der Waals surface area contributed by atoms with E-state index < -0.39 is 23.7 Å². The predicted octanol–water partition coefficient (Wildman–Crippen LogP) is 3.56. The van der Waals surface area contributed by atoms with Gasteiger partial charge in [-0.3, -0.25) is 9.59 Å². The highest BCUT2D eigenvalue weighted by Crippen LogP contribution is 2.40. The Bertz CT molecular complexity index is 1200. The number of carbonyl (C=O) groups excluding carboxylic acids is 3. The van der Waals surface area contributed by atoms with Gasteiger partial charge in [-0.2, -0.15) is 0 Å². The van der Waals surface area contributed by atoms with Crippen LogP contribution in [-0.2, 0) is 20.7 Å². The van der Waals surface area contributed by atoms with E-state index in [1.54, 1.807) is 36.4 Å². The molecule has 0 spiro atoms. The molecule has 36 heavy (non-hydrogen) atoms. The third-order valence-electron chi connectivity index (χ3n) is 6.91. The summed E-state index contributed by atoms with van der Waals surface area (Å²) in [5, 5.41) is 11.4. The van der Waals surface area contributed by atoms with Gasteiger partial charge in [0.15, 0.2) is 0 Å². The molecule has 1 N–H and O–H groups in total. The number of esters is 1. The van der Waals surface area contributed by atoms with Crippen LogP contribution >= 0.6 is 0 Å². The summed E-state index contributed by atoms with van der Waals surface area (Å²) in [7, 11) is 1.31. The summed E-state index contributed by atoms with van der Waals surface area (Å²) in [5.74, 6) is -1.31. The molecule has 0 saturated carbocycles. The van der Waals surface area contributed by atoms with Gasteiger partial charge < -0.3 is 24.4 Å². The van der Waals surface area contributed by atoms with Gasteiger partial charge in [0.25, 0.3) is 11.7 Å². The minimum atomic E-state index is -0.782. The number of nitrogens with zero attached hydrogens (tertiary/aromatic N) is 2. The molecule has 1 saturated heterocycles. The molecule has 190 valence electrons. The van der Waals surface area contributed by atoms with Crippen molar-refractivity contribution in [1.82, 2.24) is 9.80 Å². The van der Waals surface area contributed by atoms with Crippen molar-refractivity contribution in [1.29, 1.82) is 0 Å². The number of rotatable bonds is 8. The average Bonchev–Trinajstić information content (AvgIpc) is 3.39. The third-order valence-corrected chi connectivity index (χ3v) is 6.91. The zero-order valence-corrected chi connectivity index (χ0v) is 21.1. The van der Waals surface area contributed by atoms with Crippen LogP contribution < -0.4 is 4.74 Å². The molecule has 0 aliphatic carbocycles. The first kappa shape index (κ1) is 25.4. The van der Waals surface area contributed by atoms with Gasteiger partial charge in [-0.1, -0.05) is 26.0 Å². The Morgan fingerprint density at radius 2 is 1.78 bits per heavy atom. The molecule has 8 heteroatoms. The number of aliphatic hydroxyl groups is 1. The molecule has 0 radical (unpaired) electrons. The van der Waals surface area contributed by atoms with Crippen LogP contribution in [0, 0.1) is 0 Å². The maximum absolute atomic E-state index is 13.3. The number of carbonyl (C=O) groups is 3. The largest absolute Gasteiger partial charge is 0.507 e. The lowest BCUT2D eigenvalue weighted by atomic mass is 9.94. The molecule has 1 amide bonds. The summed E-state index contributed by atoms with van der Waals surface area (Å²) >= 11 is 0. The average molecular weight is 493 g/mol. The molecule has 2 aromatic carbocycles. The summed E-state index contributed by atoms with van der Waals surface area (Å²) < 4.78 is 10.5. The summed E-state index contributed by atoms with van der Waals surface area (Å²) in [6, 6.07) is 11.1. The van der Waals surface area contributed by atoms with Crippen molar-refractivity contribution in [2.24, 2.45) is 0 Å². The molecule has 8 nitrogen and oxygen atoms in total. The second-order valence-electron chi connectivity index (χ2n) is 9.09. The van der Waals surface area contributed by atoms with Gasteiger partial charge in [0.05, 0.1) is 24.3 Å². The Kier molecular flexibility index (Phi) is 7.45. The first-order valence-corrected chi connectivity index (χ1v) is 12.3. The lowest BCUT2D eigenvalue weighted by Crippen LogP contribution is -2.38. The topological polar surface area (TPSA) is 96.4 Å². The van der Waals surface area contributed by atoms with Gasteiger partial charge in [-0.25, -0.2) is 4.79 Å². The van der Waals surface area contributed by atoms with Crippen LogP contribution in [0.5, 0.6) is 5.75 Å². The molecule has 0 unspecified atom stereocenters. The number of amides is 1. The summed E-state index contributed by atoms with van der Waals surface area (Å²) in [6.07, 6.45) is 0.740. The van der Waals surface area contributed by atoms with Crippen molar-refractivity contribution in [3.05, 3.63) is 70.3 Å². The van der Waals surface area contributed by atoms with E-state index in [0.29, 0.717) is 36.2 Å². The number of Topliss-reactive ketones (excluding diaryl/α,β-unsaturated/α-hetero) is 1. The zero-order chi connectivity index (χ0) is 26.0. The second-order valence-corrected chi connectivity index (χ2v) is 9.09. The van der Waals surface area contributed by atoms with E-state index in [2.05, 4.69) is 4.90 Å². The van der Waals surface area contributed by atoms with Gasteiger partial charge in [-0.15, -0.1) is 0 Å². The lowest BCUT2D eigenvalue weighted by Gasteiger charge is -2.28. The van der Waals surface area contributed by atoms with Crippen LogP contribution in [0.2, 0.25) is 0 Å². The van der Waals surface area contributed by atoms with E-state index in [9.17, 15) is 19.5 Å². The van der Waals surface area contributed by atoms with E-state index in [-0.39, 0.29) is 17.4 Å². The number of ether oxygens (including phenoxy) is 2. The SMILES string of the molecule is CCN(CC)CCN1C(=O)C(=O)/C(=C(/O)c2ccc3c(c2)C[C@@H](C)O3)[C@@H]1c1ccc(C(=O)OC)cc1. The van der Waals surface area contributed by atoms with Crippen molar-refractivity contribution in [3.8, 4) is 5.75 Å². The Hall–Kier alpha value is -3.65. The highest BCUT2D eigenvalue weighted by molar-refractivity contribution is 6.46. The van der Waals surface area contributed by atoms with Crippen LogP contribution in [0.3, 0.4) is 0 Å². The first-order chi connectivity index (χ1) is 17.3. The van der Waals surface area contributed by atoms with E-state index in [4.69, 9.17) is 9.47 Å². The fraction of sp³-hybridized carbons (Fsp3) is 0.393. The molecule has 2 aromatic rings. The van der Waals surface area contributed by atoms with Crippen LogP contribution in [0.1, 0.15) is 53.9 Å². The molecule has 1 fully saturated rings. The molecule has 2 aliphatic heterocycles. The number of likely N-dealkylation sites (tertiary alicyclic amines) is 1.